The molecule has 116 valence electrons. The SMILES string of the molecule is CC/C=C\C[C@@H]1[C@@H](CCOCCO)CCC12OCCO2. The summed E-state index contributed by atoms with van der Waals surface area (Å²) < 4.78 is 17.4. The van der Waals surface area contributed by atoms with Crippen LogP contribution in [0.3, 0.4) is 0 Å². The van der Waals surface area contributed by atoms with Crippen molar-refractivity contribution in [3.8, 4) is 0 Å². The zero-order chi connectivity index (χ0) is 14.3. The van der Waals surface area contributed by atoms with Crippen LogP contribution < -0.4 is 0 Å². The van der Waals surface area contributed by atoms with Crippen molar-refractivity contribution in [1.82, 2.24) is 0 Å². The van der Waals surface area contributed by atoms with Gasteiger partial charge in [0.1, 0.15) is 0 Å². The van der Waals surface area contributed by atoms with Gasteiger partial charge >= 0.3 is 0 Å². The van der Waals surface area contributed by atoms with E-state index in [4.69, 9.17) is 19.3 Å². The van der Waals surface area contributed by atoms with Crippen LogP contribution in [0.2, 0.25) is 0 Å². The molecule has 2 fully saturated rings. The lowest BCUT2D eigenvalue weighted by molar-refractivity contribution is -0.185. The molecule has 20 heavy (non-hydrogen) atoms. The Balaban J connectivity index is 1.90. The Labute approximate surface area is 122 Å². The maximum Gasteiger partial charge on any atom is 0.171 e. The van der Waals surface area contributed by atoms with Crippen LogP contribution >= 0.6 is 0 Å². The van der Waals surface area contributed by atoms with Gasteiger partial charge in [-0.15, -0.1) is 0 Å². The lowest BCUT2D eigenvalue weighted by atomic mass is 9.87. The molecule has 0 aromatic heterocycles. The van der Waals surface area contributed by atoms with Crippen molar-refractivity contribution >= 4 is 0 Å². The van der Waals surface area contributed by atoms with Crippen molar-refractivity contribution in [2.75, 3.05) is 33.0 Å². The summed E-state index contributed by atoms with van der Waals surface area (Å²) in [4.78, 5) is 0. The van der Waals surface area contributed by atoms with Gasteiger partial charge in [-0.2, -0.15) is 0 Å². The molecule has 1 heterocycles. The fourth-order valence-corrected chi connectivity index (χ4v) is 3.49. The first-order valence-corrected chi connectivity index (χ1v) is 7.94. The number of aliphatic hydroxyl groups excluding tert-OH is 1. The van der Waals surface area contributed by atoms with E-state index in [1.807, 2.05) is 0 Å². The smallest absolute Gasteiger partial charge is 0.171 e. The molecule has 0 radical (unpaired) electrons. The molecule has 1 aliphatic carbocycles. The van der Waals surface area contributed by atoms with Crippen molar-refractivity contribution in [3.05, 3.63) is 12.2 Å². The van der Waals surface area contributed by atoms with E-state index in [0.29, 0.717) is 18.4 Å². The van der Waals surface area contributed by atoms with Gasteiger partial charge in [-0.3, -0.25) is 0 Å². The largest absolute Gasteiger partial charge is 0.394 e. The van der Waals surface area contributed by atoms with Crippen LogP contribution in [0, 0.1) is 11.8 Å². The molecule has 1 saturated carbocycles. The summed E-state index contributed by atoms with van der Waals surface area (Å²) in [6.07, 6.45) is 9.77. The highest BCUT2D eigenvalue weighted by molar-refractivity contribution is 4.98. The molecule has 1 spiro atoms. The van der Waals surface area contributed by atoms with Crippen molar-refractivity contribution in [3.63, 3.8) is 0 Å². The van der Waals surface area contributed by atoms with Crippen molar-refractivity contribution < 1.29 is 19.3 Å². The molecule has 0 aromatic rings. The van der Waals surface area contributed by atoms with Crippen molar-refractivity contribution in [1.29, 1.82) is 0 Å². The highest BCUT2D eigenvalue weighted by atomic mass is 16.7. The highest BCUT2D eigenvalue weighted by Crippen LogP contribution is 2.48. The van der Waals surface area contributed by atoms with Crippen LogP contribution in [0.15, 0.2) is 12.2 Å². The third-order valence-corrected chi connectivity index (χ3v) is 4.43. The lowest BCUT2D eigenvalue weighted by Gasteiger charge is -2.31. The first kappa shape index (κ1) is 16.0. The topological polar surface area (TPSA) is 47.9 Å². The second kappa shape index (κ2) is 8.13. The van der Waals surface area contributed by atoms with E-state index in [1.54, 1.807) is 0 Å². The van der Waals surface area contributed by atoms with Gasteiger partial charge in [0.05, 0.1) is 26.4 Å². The Bertz CT molecular complexity index is 297. The summed E-state index contributed by atoms with van der Waals surface area (Å²) >= 11 is 0. The molecule has 4 heteroatoms. The van der Waals surface area contributed by atoms with Crippen LogP contribution in [0.1, 0.15) is 39.0 Å². The fraction of sp³-hybridized carbons (Fsp3) is 0.875. The predicted molar refractivity (Wildman–Crippen MR) is 77.4 cm³/mol. The molecule has 0 unspecified atom stereocenters. The molecule has 1 N–H and O–H groups in total. The molecule has 2 atom stereocenters. The summed E-state index contributed by atoms with van der Waals surface area (Å²) in [6, 6.07) is 0. The number of allylic oxidation sites excluding steroid dienone is 2. The molecule has 0 aromatic carbocycles. The number of hydrogen-bond acceptors (Lipinski definition) is 4. The monoisotopic (exact) mass is 284 g/mol. The standard InChI is InChI=1S/C16H28O4/c1-2-3-4-5-15-14(7-10-18-11-9-17)6-8-16(15)19-12-13-20-16/h3-4,14-15,17H,2,5-13H2,1H3/b4-3-/t14-,15-/m1/s1. The maximum absolute atomic E-state index is 8.75. The van der Waals surface area contributed by atoms with Crippen molar-refractivity contribution in [2.24, 2.45) is 11.8 Å². The summed E-state index contributed by atoms with van der Waals surface area (Å²) in [5.41, 5.74) is 0. The Morgan fingerprint density at radius 3 is 2.75 bits per heavy atom. The van der Waals surface area contributed by atoms with Gasteiger partial charge < -0.3 is 19.3 Å². The Kier molecular flexibility index (Phi) is 6.49. The van der Waals surface area contributed by atoms with E-state index in [1.165, 1.54) is 0 Å². The summed E-state index contributed by atoms with van der Waals surface area (Å²) in [5, 5.41) is 8.75. The van der Waals surface area contributed by atoms with Gasteiger partial charge in [0.25, 0.3) is 0 Å². The second-order valence-electron chi connectivity index (χ2n) is 5.65. The maximum atomic E-state index is 8.75. The molecular formula is C16H28O4. The van der Waals surface area contributed by atoms with Crippen LogP contribution in [0.4, 0.5) is 0 Å². The lowest BCUT2D eigenvalue weighted by Crippen LogP contribution is -2.36. The molecule has 1 saturated heterocycles. The summed E-state index contributed by atoms with van der Waals surface area (Å²) in [7, 11) is 0. The van der Waals surface area contributed by atoms with E-state index < -0.39 is 0 Å². The van der Waals surface area contributed by atoms with Crippen LogP contribution in [-0.4, -0.2) is 43.9 Å². The van der Waals surface area contributed by atoms with E-state index in [0.717, 1.165) is 51.9 Å². The molecule has 1 aliphatic heterocycles. The van der Waals surface area contributed by atoms with E-state index in [2.05, 4.69) is 19.1 Å². The van der Waals surface area contributed by atoms with E-state index in [-0.39, 0.29) is 12.4 Å². The minimum Gasteiger partial charge on any atom is -0.394 e. The van der Waals surface area contributed by atoms with Gasteiger partial charge in [-0.05, 0) is 31.6 Å². The third kappa shape index (κ3) is 3.82. The molecule has 0 amide bonds. The fourth-order valence-electron chi connectivity index (χ4n) is 3.49. The second-order valence-corrected chi connectivity index (χ2v) is 5.65. The van der Waals surface area contributed by atoms with Crippen LogP contribution in [-0.2, 0) is 14.2 Å². The molecule has 4 nitrogen and oxygen atoms in total. The number of ether oxygens (including phenoxy) is 3. The summed E-state index contributed by atoms with van der Waals surface area (Å²) in [5.74, 6) is 0.693. The predicted octanol–water partition coefficient (Wildman–Crippen LogP) is 2.51. The first-order chi connectivity index (χ1) is 9.82. The first-order valence-electron chi connectivity index (χ1n) is 7.94. The van der Waals surface area contributed by atoms with Gasteiger partial charge in [0.15, 0.2) is 5.79 Å². The number of hydrogen-bond donors (Lipinski definition) is 1. The van der Waals surface area contributed by atoms with Crippen molar-refractivity contribution in [2.45, 2.75) is 44.8 Å². The van der Waals surface area contributed by atoms with E-state index >= 15 is 0 Å². The average molecular weight is 284 g/mol. The van der Waals surface area contributed by atoms with Gasteiger partial charge in [0, 0.05) is 18.9 Å². The molecular weight excluding hydrogens is 256 g/mol. The minimum absolute atomic E-state index is 0.101. The normalized spacial score (nSPS) is 28.9. The Morgan fingerprint density at radius 2 is 2.05 bits per heavy atom. The molecule has 2 aliphatic rings. The average Bonchev–Trinajstić information content (AvgIpc) is 3.06. The number of rotatable bonds is 8. The molecule has 0 bridgehead atoms. The van der Waals surface area contributed by atoms with Gasteiger partial charge in [-0.25, -0.2) is 0 Å². The van der Waals surface area contributed by atoms with Gasteiger partial charge in [-0.1, -0.05) is 19.1 Å². The van der Waals surface area contributed by atoms with Crippen LogP contribution in [0.5, 0.6) is 0 Å². The minimum atomic E-state index is -0.334. The Hall–Kier alpha value is -0.420. The number of aliphatic hydroxyl groups is 1. The summed E-state index contributed by atoms with van der Waals surface area (Å²) in [6.45, 7) is 4.86. The molecule has 2 rings (SSSR count). The Morgan fingerprint density at radius 1 is 1.25 bits per heavy atom. The zero-order valence-electron chi connectivity index (χ0n) is 12.6. The highest BCUT2D eigenvalue weighted by Gasteiger charge is 2.51. The quantitative estimate of drug-likeness (QED) is 0.549. The zero-order valence-corrected chi connectivity index (χ0v) is 12.6. The van der Waals surface area contributed by atoms with E-state index in [9.17, 15) is 0 Å². The third-order valence-electron chi connectivity index (χ3n) is 4.43. The van der Waals surface area contributed by atoms with Gasteiger partial charge in [0.2, 0.25) is 0 Å². The van der Waals surface area contributed by atoms with Crippen LogP contribution in [0.25, 0.3) is 0 Å².